The van der Waals surface area contributed by atoms with Crippen molar-refractivity contribution >= 4 is 11.6 Å². The van der Waals surface area contributed by atoms with Crippen molar-refractivity contribution in [2.75, 3.05) is 11.9 Å². The van der Waals surface area contributed by atoms with Gasteiger partial charge in [-0.1, -0.05) is 19.9 Å². The van der Waals surface area contributed by atoms with Gasteiger partial charge in [-0.25, -0.2) is 0 Å². The van der Waals surface area contributed by atoms with Gasteiger partial charge in [0.1, 0.15) is 5.75 Å². The first-order valence-corrected chi connectivity index (χ1v) is 7.28. The molecular formula is C16H23NO3. The second-order valence-electron chi connectivity index (χ2n) is 5.83. The normalized spacial score (nSPS) is 22.0. The van der Waals surface area contributed by atoms with Gasteiger partial charge in [-0.15, -0.1) is 0 Å². The number of rotatable bonds is 5. The lowest BCUT2D eigenvalue weighted by Crippen LogP contribution is -2.28. The van der Waals surface area contributed by atoms with Gasteiger partial charge in [0.05, 0.1) is 18.6 Å². The van der Waals surface area contributed by atoms with Crippen molar-refractivity contribution in [2.45, 2.75) is 39.2 Å². The molecule has 2 rings (SSSR count). The molecule has 1 amide bonds. The maximum atomic E-state index is 12.1. The monoisotopic (exact) mass is 277 g/mol. The highest BCUT2D eigenvalue weighted by Gasteiger charge is 2.31. The van der Waals surface area contributed by atoms with Gasteiger partial charge < -0.3 is 15.2 Å². The fraction of sp³-hybridized carbons (Fsp3) is 0.562. The number of carbonyl (C=O) groups is 1. The molecule has 0 saturated heterocycles. The van der Waals surface area contributed by atoms with E-state index < -0.39 is 6.10 Å². The smallest absolute Gasteiger partial charge is 0.230 e. The number of anilines is 1. The third-order valence-electron chi connectivity index (χ3n) is 3.50. The molecule has 0 spiro atoms. The minimum Gasteiger partial charge on any atom is -0.493 e. The molecule has 2 N–H and O–H groups in total. The summed E-state index contributed by atoms with van der Waals surface area (Å²) in [6, 6.07) is 7.39. The first-order chi connectivity index (χ1) is 9.56. The summed E-state index contributed by atoms with van der Waals surface area (Å²) in [6.07, 6.45) is 1.89. The fourth-order valence-corrected chi connectivity index (χ4v) is 2.41. The van der Waals surface area contributed by atoms with E-state index in [9.17, 15) is 9.90 Å². The largest absolute Gasteiger partial charge is 0.493 e. The number of nitrogens with one attached hydrogen (secondary N) is 1. The molecule has 1 aliphatic rings. The molecule has 20 heavy (non-hydrogen) atoms. The lowest BCUT2D eigenvalue weighted by Gasteiger charge is -2.15. The van der Waals surface area contributed by atoms with Crippen molar-refractivity contribution < 1.29 is 14.6 Å². The highest BCUT2D eigenvalue weighted by molar-refractivity contribution is 5.93. The molecule has 110 valence electrons. The minimum absolute atomic E-state index is 0.101. The third kappa shape index (κ3) is 3.97. The second-order valence-corrected chi connectivity index (χ2v) is 5.83. The summed E-state index contributed by atoms with van der Waals surface area (Å²) in [6.45, 7) is 4.83. The van der Waals surface area contributed by atoms with Crippen LogP contribution >= 0.6 is 0 Å². The van der Waals surface area contributed by atoms with Gasteiger partial charge in [0, 0.05) is 11.8 Å². The lowest BCUT2D eigenvalue weighted by atomic mass is 10.1. The molecule has 4 heteroatoms. The van der Waals surface area contributed by atoms with E-state index in [0.717, 1.165) is 30.7 Å². The molecule has 0 bridgehead atoms. The van der Waals surface area contributed by atoms with E-state index in [4.69, 9.17) is 4.74 Å². The quantitative estimate of drug-likeness (QED) is 0.870. The Labute approximate surface area is 120 Å². The summed E-state index contributed by atoms with van der Waals surface area (Å²) in [5, 5.41) is 12.6. The van der Waals surface area contributed by atoms with Gasteiger partial charge >= 0.3 is 0 Å². The SMILES string of the molecule is CC(C)COc1cccc(NC(=O)C2CCCC2O)c1. The number of hydrogen-bond acceptors (Lipinski definition) is 3. The summed E-state index contributed by atoms with van der Waals surface area (Å²) < 4.78 is 5.64. The van der Waals surface area contributed by atoms with Crippen molar-refractivity contribution in [1.82, 2.24) is 0 Å². The van der Waals surface area contributed by atoms with Crippen LogP contribution in [0.4, 0.5) is 5.69 Å². The van der Waals surface area contributed by atoms with Gasteiger partial charge in [-0.2, -0.15) is 0 Å². The molecule has 0 aliphatic heterocycles. The Bertz CT molecular complexity index is 459. The van der Waals surface area contributed by atoms with Crippen molar-refractivity contribution in [1.29, 1.82) is 0 Å². The zero-order valence-corrected chi connectivity index (χ0v) is 12.1. The number of hydrogen-bond donors (Lipinski definition) is 2. The van der Waals surface area contributed by atoms with E-state index in [1.54, 1.807) is 0 Å². The van der Waals surface area contributed by atoms with Crippen LogP contribution in [0.1, 0.15) is 33.1 Å². The Morgan fingerprint density at radius 1 is 1.45 bits per heavy atom. The molecule has 1 aromatic rings. The molecule has 1 aliphatic carbocycles. The maximum Gasteiger partial charge on any atom is 0.230 e. The molecular weight excluding hydrogens is 254 g/mol. The van der Waals surface area contributed by atoms with Gasteiger partial charge in [0.2, 0.25) is 5.91 Å². The van der Waals surface area contributed by atoms with E-state index in [1.165, 1.54) is 0 Å². The summed E-state index contributed by atoms with van der Waals surface area (Å²) in [4.78, 5) is 12.1. The Morgan fingerprint density at radius 2 is 2.25 bits per heavy atom. The Kier molecular flexibility index (Phi) is 5.01. The van der Waals surface area contributed by atoms with E-state index in [1.807, 2.05) is 24.3 Å². The molecule has 4 nitrogen and oxygen atoms in total. The second kappa shape index (κ2) is 6.75. The van der Waals surface area contributed by atoms with Gasteiger partial charge in [-0.05, 0) is 37.3 Å². The number of benzene rings is 1. The molecule has 0 radical (unpaired) electrons. The molecule has 1 fully saturated rings. The average molecular weight is 277 g/mol. The number of amides is 1. The van der Waals surface area contributed by atoms with Crippen LogP contribution in [-0.4, -0.2) is 23.7 Å². The number of aliphatic hydroxyl groups is 1. The van der Waals surface area contributed by atoms with Crippen LogP contribution < -0.4 is 10.1 Å². The van der Waals surface area contributed by atoms with E-state index in [2.05, 4.69) is 19.2 Å². The van der Waals surface area contributed by atoms with Crippen molar-refractivity contribution in [2.24, 2.45) is 11.8 Å². The van der Waals surface area contributed by atoms with Crippen LogP contribution in [0.3, 0.4) is 0 Å². The Hall–Kier alpha value is -1.55. The minimum atomic E-state index is -0.504. The van der Waals surface area contributed by atoms with Gasteiger partial charge in [0.15, 0.2) is 0 Å². The highest BCUT2D eigenvalue weighted by Crippen LogP contribution is 2.27. The molecule has 0 heterocycles. The van der Waals surface area contributed by atoms with E-state index in [-0.39, 0.29) is 11.8 Å². The first-order valence-electron chi connectivity index (χ1n) is 7.28. The van der Waals surface area contributed by atoms with Crippen LogP contribution in [0.15, 0.2) is 24.3 Å². The molecule has 2 unspecified atom stereocenters. The van der Waals surface area contributed by atoms with E-state index in [0.29, 0.717) is 12.5 Å². The lowest BCUT2D eigenvalue weighted by molar-refractivity contribution is -0.122. The predicted octanol–water partition coefficient (Wildman–Crippen LogP) is 2.82. The standard InChI is InChI=1S/C16H23NO3/c1-11(2)10-20-13-6-3-5-12(9-13)17-16(19)14-7-4-8-15(14)18/h3,5-6,9,11,14-15,18H,4,7-8,10H2,1-2H3,(H,17,19). The van der Waals surface area contributed by atoms with Gasteiger partial charge in [-0.3, -0.25) is 4.79 Å². The van der Waals surface area contributed by atoms with Crippen LogP contribution in [0, 0.1) is 11.8 Å². The zero-order valence-electron chi connectivity index (χ0n) is 12.1. The van der Waals surface area contributed by atoms with Crippen LogP contribution in [0.25, 0.3) is 0 Å². The van der Waals surface area contributed by atoms with Gasteiger partial charge in [0.25, 0.3) is 0 Å². The molecule has 2 atom stereocenters. The molecule has 0 aromatic heterocycles. The van der Waals surface area contributed by atoms with Crippen molar-refractivity contribution in [3.8, 4) is 5.75 Å². The number of carbonyl (C=O) groups excluding carboxylic acids is 1. The van der Waals surface area contributed by atoms with Crippen LogP contribution in [0.2, 0.25) is 0 Å². The fourth-order valence-electron chi connectivity index (χ4n) is 2.41. The topological polar surface area (TPSA) is 58.6 Å². The Balaban J connectivity index is 1.95. The molecule has 1 aromatic carbocycles. The van der Waals surface area contributed by atoms with E-state index >= 15 is 0 Å². The zero-order chi connectivity index (χ0) is 14.5. The molecule has 1 saturated carbocycles. The van der Waals surface area contributed by atoms with Crippen LogP contribution in [-0.2, 0) is 4.79 Å². The van der Waals surface area contributed by atoms with Crippen LogP contribution in [0.5, 0.6) is 5.75 Å². The average Bonchev–Trinajstić information content (AvgIpc) is 2.83. The van der Waals surface area contributed by atoms with Crippen molar-refractivity contribution in [3.63, 3.8) is 0 Å². The summed E-state index contributed by atoms with van der Waals surface area (Å²) in [5.74, 6) is 0.830. The summed E-state index contributed by atoms with van der Waals surface area (Å²) in [7, 11) is 0. The third-order valence-corrected chi connectivity index (χ3v) is 3.50. The van der Waals surface area contributed by atoms with Crippen molar-refractivity contribution in [3.05, 3.63) is 24.3 Å². The highest BCUT2D eigenvalue weighted by atomic mass is 16.5. The number of aliphatic hydroxyl groups excluding tert-OH is 1. The maximum absolute atomic E-state index is 12.1. The summed E-state index contributed by atoms with van der Waals surface area (Å²) >= 11 is 0. The summed E-state index contributed by atoms with van der Waals surface area (Å²) in [5.41, 5.74) is 0.718. The Morgan fingerprint density at radius 3 is 2.90 bits per heavy atom. The predicted molar refractivity (Wildman–Crippen MR) is 78.8 cm³/mol. The number of ether oxygens (including phenoxy) is 1. The first kappa shape index (κ1) is 14.9.